The van der Waals surface area contributed by atoms with Gasteiger partial charge < -0.3 is 0 Å². The number of aryl methyl sites for hydroxylation is 1. The van der Waals surface area contributed by atoms with Crippen LogP contribution in [0.25, 0.3) is 0 Å². The highest BCUT2D eigenvalue weighted by Gasteiger charge is 2.05. The van der Waals surface area contributed by atoms with E-state index in [0.29, 0.717) is 12.3 Å². The third-order valence-electron chi connectivity index (χ3n) is 2.21. The molecule has 74 valence electrons. The van der Waals surface area contributed by atoms with Crippen molar-refractivity contribution in [2.75, 3.05) is 0 Å². The van der Waals surface area contributed by atoms with Crippen LogP contribution in [-0.2, 0) is 6.42 Å². The van der Waals surface area contributed by atoms with Gasteiger partial charge in [-0.2, -0.15) is 5.26 Å². The highest BCUT2D eigenvalue weighted by Crippen LogP contribution is 2.25. The van der Waals surface area contributed by atoms with E-state index in [1.165, 1.54) is 5.56 Å². The van der Waals surface area contributed by atoms with Gasteiger partial charge >= 0.3 is 0 Å². The molecule has 0 radical (unpaired) electrons. The van der Waals surface area contributed by atoms with Crippen molar-refractivity contribution in [2.45, 2.75) is 32.6 Å². The fraction of sp³-hybridized carbons (Fsp3) is 0.417. The van der Waals surface area contributed by atoms with Crippen LogP contribution >= 0.6 is 11.6 Å². The van der Waals surface area contributed by atoms with Crippen molar-refractivity contribution < 1.29 is 0 Å². The molecule has 0 aromatic heterocycles. The van der Waals surface area contributed by atoms with E-state index in [2.05, 4.69) is 32.0 Å². The van der Waals surface area contributed by atoms with E-state index in [9.17, 15) is 0 Å². The van der Waals surface area contributed by atoms with Crippen LogP contribution in [0, 0.1) is 11.3 Å². The summed E-state index contributed by atoms with van der Waals surface area (Å²) in [6.07, 6.45) is 1.34. The summed E-state index contributed by atoms with van der Waals surface area (Å²) >= 11 is 6.12. The zero-order valence-corrected chi connectivity index (χ0v) is 9.30. The Morgan fingerprint density at radius 3 is 2.64 bits per heavy atom. The standard InChI is InChI=1S/C12H14ClN/c1-9(2)11-6-5-10(4-3-7-14)8-12(11)13/h5-6,8-9H,3-4H2,1-2H3. The van der Waals surface area contributed by atoms with Gasteiger partial charge in [0.1, 0.15) is 0 Å². The maximum atomic E-state index is 8.46. The van der Waals surface area contributed by atoms with Crippen molar-refractivity contribution >= 4 is 11.6 Å². The van der Waals surface area contributed by atoms with Gasteiger partial charge in [0.25, 0.3) is 0 Å². The van der Waals surface area contributed by atoms with Crippen LogP contribution < -0.4 is 0 Å². The predicted octanol–water partition coefficient (Wildman–Crippen LogP) is 3.92. The van der Waals surface area contributed by atoms with E-state index < -0.39 is 0 Å². The van der Waals surface area contributed by atoms with Crippen LogP contribution in [0.2, 0.25) is 5.02 Å². The number of nitriles is 1. The minimum Gasteiger partial charge on any atom is -0.198 e. The molecule has 1 nitrogen and oxygen atoms in total. The van der Waals surface area contributed by atoms with Gasteiger partial charge in [0.15, 0.2) is 0 Å². The second-order valence-corrected chi connectivity index (χ2v) is 4.08. The van der Waals surface area contributed by atoms with E-state index in [1.54, 1.807) is 0 Å². The minimum atomic E-state index is 0.451. The molecule has 0 bridgehead atoms. The fourth-order valence-electron chi connectivity index (χ4n) is 1.39. The summed E-state index contributed by atoms with van der Waals surface area (Å²) in [4.78, 5) is 0. The summed E-state index contributed by atoms with van der Waals surface area (Å²) in [6.45, 7) is 4.24. The summed E-state index contributed by atoms with van der Waals surface area (Å²) in [7, 11) is 0. The molecule has 0 N–H and O–H groups in total. The monoisotopic (exact) mass is 207 g/mol. The van der Waals surface area contributed by atoms with Crippen molar-refractivity contribution in [3.63, 3.8) is 0 Å². The van der Waals surface area contributed by atoms with E-state index in [-0.39, 0.29) is 0 Å². The number of halogens is 1. The molecule has 0 fully saturated rings. The van der Waals surface area contributed by atoms with Gasteiger partial charge in [-0.25, -0.2) is 0 Å². The van der Waals surface area contributed by atoms with E-state index in [0.717, 1.165) is 17.0 Å². The molecule has 0 atom stereocenters. The Balaban J connectivity index is 2.85. The molecule has 0 amide bonds. The largest absolute Gasteiger partial charge is 0.198 e. The first-order valence-corrected chi connectivity index (χ1v) is 5.18. The first-order valence-electron chi connectivity index (χ1n) is 4.80. The zero-order chi connectivity index (χ0) is 10.6. The molecule has 0 aliphatic rings. The average molecular weight is 208 g/mol. The molecule has 2 heteroatoms. The Morgan fingerprint density at radius 1 is 1.43 bits per heavy atom. The first-order chi connectivity index (χ1) is 6.65. The van der Waals surface area contributed by atoms with Crippen molar-refractivity contribution in [2.24, 2.45) is 0 Å². The average Bonchev–Trinajstić information content (AvgIpc) is 2.14. The van der Waals surface area contributed by atoms with Crippen molar-refractivity contribution in [1.82, 2.24) is 0 Å². The number of nitrogens with zero attached hydrogens (tertiary/aromatic N) is 1. The minimum absolute atomic E-state index is 0.451. The normalized spacial score (nSPS) is 10.2. The van der Waals surface area contributed by atoms with Crippen LogP contribution in [0.15, 0.2) is 18.2 Å². The molecular weight excluding hydrogens is 194 g/mol. The molecule has 0 aliphatic heterocycles. The summed E-state index contributed by atoms with van der Waals surface area (Å²) in [5, 5.41) is 9.27. The third kappa shape index (κ3) is 2.75. The Morgan fingerprint density at radius 2 is 2.14 bits per heavy atom. The van der Waals surface area contributed by atoms with Crippen molar-refractivity contribution in [3.05, 3.63) is 34.3 Å². The van der Waals surface area contributed by atoms with Gasteiger partial charge in [-0.05, 0) is 29.5 Å². The summed E-state index contributed by atoms with van der Waals surface area (Å²) in [6, 6.07) is 8.21. The van der Waals surface area contributed by atoms with Gasteiger partial charge in [-0.15, -0.1) is 0 Å². The highest BCUT2D eigenvalue weighted by atomic mass is 35.5. The lowest BCUT2D eigenvalue weighted by Gasteiger charge is -2.09. The molecule has 0 heterocycles. The second kappa shape index (κ2) is 5.02. The number of hydrogen-bond acceptors (Lipinski definition) is 1. The summed E-state index contributed by atoms with van der Waals surface area (Å²) < 4.78 is 0. The molecule has 1 aromatic rings. The van der Waals surface area contributed by atoms with Crippen molar-refractivity contribution in [3.8, 4) is 6.07 Å². The molecular formula is C12H14ClN. The van der Waals surface area contributed by atoms with Crippen LogP contribution in [0.4, 0.5) is 0 Å². The summed E-state index contributed by atoms with van der Waals surface area (Å²) in [5.41, 5.74) is 2.31. The highest BCUT2D eigenvalue weighted by molar-refractivity contribution is 6.31. The molecule has 1 rings (SSSR count). The maximum Gasteiger partial charge on any atom is 0.0625 e. The second-order valence-electron chi connectivity index (χ2n) is 3.67. The van der Waals surface area contributed by atoms with Gasteiger partial charge in [0, 0.05) is 11.4 Å². The topological polar surface area (TPSA) is 23.8 Å². The fourth-order valence-corrected chi connectivity index (χ4v) is 1.82. The van der Waals surface area contributed by atoms with Crippen LogP contribution in [0.3, 0.4) is 0 Å². The molecule has 14 heavy (non-hydrogen) atoms. The lowest BCUT2D eigenvalue weighted by Crippen LogP contribution is -1.91. The van der Waals surface area contributed by atoms with Gasteiger partial charge in [0.2, 0.25) is 0 Å². The SMILES string of the molecule is CC(C)c1ccc(CCC#N)cc1Cl. The summed E-state index contributed by atoms with van der Waals surface area (Å²) in [5.74, 6) is 0.451. The Bertz CT molecular complexity index is 350. The van der Waals surface area contributed by atoms with Gasteiger partial charge in [0.05, 0.1) is 6.07 Å². The Hall–Kier alpha value is -1.00. The van der Waals surface area contributed by atoms with Crippen molar-refractivity contribution in [1.29, 1.82) is 5.26 Å². The number of hydrogen-bond donors (Lipinski definition) is 0. The van der Waals surface area contributed by atoms with Crippen LogP contribution in [0.5, 0.6) is 0 Å². The molecule has 0 spiro atoms. The molecule has 0 aliphatic carbocycles. The lowest BCUT2D eigenvalue weighted by atomic mass is 10.0. The quantitative estimate of drug-likeness (QED) is 0.737. The van der Waals surface area contributed by atoms with Crippen LogP contribution in [0.1, 0.15) is 37.3 Å². The maximum absolute atomic E-state index is 8.46. The van der Waals surface area contributed by atoms with E-state index >= 15 is 0 Å². The van der Waals surface area contributed by atoms with E-state index in [1.807, 2.05) is 6.07 Å². The van der Waals surface area contributed by atoms with Gasteiger partial charge in [-0.1, -0.05) is 37.6 Å². The Kier molecular flexibility index (Phi) is 3.98. The number of benzene rings is 1. The van der Waals surface area contributed by atoms with Crippen LogP contribution in [-0.4, -0.2) is 0 Å². The molecule has 0 unspecified atom stereocenters. The molecule has 0 saturated carbocycles. The molecule has 1 aromatic carbocycles. The predicted molar refractivity (Wildman–Crippen MR) is 59.5 cm³/mol. The van der Waals surface area contributed by atoms with Gasteiger partial charge in [-0.3, -0.25) is 0 Å². The molecule has 0 saturated heterocycles. The number of rotatable bonds is 3. The zero-order valence-electron chi connectivity index (χ0n) is 8.55. The van der Waals surface area contributed by atoms with E-state index in [4.69, 9.17) is 16.9 Å². The lowest BCUT2D eigenvalue weighted by molar-refractivity contribution is 0.864. The Labute approximate surface area is 90.3 Å². The first kappa shape index (κ1) is 11.1. The third-order valence-corrected chi connectivity index (χ3v) is 2.54. The smallest absolute Gasteiger partial charge is 0.0625 e.